The Morgan fingerprint density at radius 3 is 2.68 bits per heavy atom. The Balaban J connectivity index is 0.00000195. The van der Waals surface area contributed by atoms with Crippen molar-refractivity contribution >= 4 is 28.9 Å². The van der Waals surface area contributed by atoms with Gasteiger partial charge in [-0.3, -0.25) is 15.0 Å². The Morgan fingerprint density at radius 1 is 1.37 bits per heavy atom. The number of hydrogen-bond donors (Lipinski definition) is 1. The molecule has 2 aliphatic heterocycles. The lowest BCUT2D eigenvalue weighted by Crippen LogP contribution is -2.47. The highest BCUT2D eigenvalue weighted by Gasteiger charge is 2.32. The molecule has 1 amide bonds. The van der Waals surface area contributed by atoms with Gasteiger partial charge in [-0.25, -0.2) is 4.99 Å². The second kappa shape index (κ2) is 12.7. The summed E-state index contributed by atoms with van der Waals surface area (Å²) in [5.74, 6) is 1.46. The van der Waals surface area contributed by atoms with Crippen LogP contribution in [0.15, 0.2) is 58.6 Å². The Kier molecular flexibility index (Phi) is 9.82. The Bertz CT molecular complexity index is 1250. The van der Waals surface area contributed by atoms with Gasteiger partial charge in [0.15, 0.2) is 0 Å². The van der Waals surface area contributed by atoms with Gasteiger partial charge in [-0.2, -0.15) is 4.98 Å². The first-order valence-electron chi connectivity index (χ1n) is 12.9. The molecule has 0 bridgehead atoms. The summed E-state index contributed by atoms with van der Waals surface area (Å²) in [5.41, 5.74) is 2.63. The molecule has 0 spiro atoms. The number of allylic oxidation sites excluding steroid dienone is 1. The van der Waals surface area contributed by atoms with E-state index in [2.05, 4.69) is 42.5 Å². The van der Waals surface area contributed by atoms with Crippen LogP contribution in [0, 0.1) is 6.92 Å². The largest absolute Gasteiger partial charge is 0.375 e. The molecule has 1 fully saturated rings. The average molecular weight is 540 g/mol. The molecule has 8 nitrogen and oxygen atoms in total. The molecule has 2 atom stereocenters. The van der Waals surface area contributed by atoms with Crippen LogP contribution in [0.1, 0.15) is 58.9 Å². The molecule has 0 saturated carbocycles. The molecule has 1 N–H and O–H groups in total. The molecule has 38 heavy (non-hydrogen) atoms. The van der Waals surface area contributed by atoms with E-state index in [1.165, 1.54) is 0 Å². The van der Waals surface area contributed by atoms with Crippen molar-refractivity contribution in [2.75, 3.05) is 13.2 Å². The number of amides is 1. The molecule has 0 aliphatic carbocycles. The van der Waals surface area contributed by atoms with Crippen LogP contribution < -0.4 is 5.32 Å². The number of aromatic nitrogens is 2. The summed E-state index contributed by atoms with van der Waals surface area (Å²) in [5, 5.41) is 8.00. The summed E-state index contributed by atoms with van der Waals surface area (Å²) in [7, 11) is 0. The van der Waals surface area contributed by atoms with E-state index < -0.39 is 0 Å². The molecule has 204 valence electrons. The molecule has 2 aliphatic rings. The van der Waals surface area contributed by atoms with Gasteiger partial charge in [0.05, 0.1) is 11.8 Å². The fraction of sp³-hybridized carbons (Fsp3) is 0.448. The molecule has 2 aromatic rings. The van der Waals surface area contributed by atoms with Gasteiger partial charge in [0.2, 0.25) is 11.7 Å². The van der Waals surface area contributed by atoms with E-state index in [0.717, 1.165) is 30.6 Å². The van der Waals surface area contributed by atoms with Gasteiger partial charge in [-0.05, 0) is 59.6 Å². The number of aryl methyl sites for hydroxylation is 1. The molecule has 9 heteroatoms. The molecular weight excluding hydrogens is 502 g/mol. The molecule has 1 aromatic heterocycles. The minimum atomic E-state index is -0.160. The highest BCUT2D eigenvalue weighted by molar-refractivity contribution is 6.37. The summed E-state index contributed by atoms with van der Waals surface area (Å²) < 4.78 is 10.9. The minimum absolute atomic E-state index is 0.133. The third-order valence-electron chi connectivity index (χ3n) is 6.45. The zero-order valence-electron chi connectivity index (χ0n) is 23.2. The van der Waals surface area contributed by atoms with Crippen molar-refractivity contribution in [3.63, 3.8) is 0 Å². The zero-order chi connectivity index (χ0) is 28.0. The first-order chi connectivity index (χ1) is 18.1. The van der Waals surface area contributed by atoms with Gasteiger partial charge in [0.1, 0.15) is 5.84 Å². The van der Waals surface area contributed by atoms with Crippen LogP contribution in [0.5, 0.6) is 0 Å². The number of carbonyl (C=O) groups is 1. The summed E-state index contributed by atoms with van der Waals surface area (Å²) in [4.78, 5) is 24.5. The third kappa shape index (κ3) is 6.67. The van der Waals surface area contributed by atoms with Crippen LogP contribution in [-0.2, 0) is 9.53 Å². The van der Waals surface area contributed by atoms with Crippen molar-refractivity contribution in [3.05, 3.63) is 65.6 Å². The third-order valence-corrected chi connectivity index (χ3v) is 6.76. The minimum Gasteiger partial charge on any atom is -0.375 e. The van der Waals surface area contributed by atoms with E-state index in [4.69, 9.17) is 25.9 Å². The van der Waals surface area contributed by atoms with Crippen LogP contribution in [0.3, 0.4) is 0 Å². The fourth-order valence-corrected chi connectivity index (χ4v) is 5.03. The second-order valence-electron chi connectivity index (χ2n) is 9.78. The number of nitrogens with one attached hydrogen (secondary N) is 1. The molecule has 4 rings (SSSR count). The van der Waals surface area contributed by atoms with E-state index >= 15 is 0 Å². The lowest BCUT2D eigenvalue weighted by atomic mass is 9.94. The summed E-state index contributed by atoms with van der Waals surface area (Å²) in [6.45, 7) is 19.1. The van der Waals surface area contributed by atoms with Gasteiger partial charge in [-0.15, -0.1) is 13.2 Å². The molecular formula is C29H38ClN5O3. The first-order valence-corrected chi connectivity index (χ1v) is 13.3. The summed E-state index contributed by atoms with van der Waals surface area (Å²) in [6.07, 6.45) is 5.54. The van der Waals surface area contributed by atoms with Crippen LogP contribution >= 0.6 is 11.6 Å². The fourth-order valence-electron chi connectivity index (χ4n) is 4.75. The number of carbonyl (C=O) groups excluding carboxylic acids is 1. The standard InChI is InChI=1S/C27H34ClN5O3.C2H4/c1-7-18-13-22(21-10-9-19(14-23(21)28)24-31-17(4)36-32-24)26(34)33(8-2)25(18)30-16(3)29-20-11-12-35-27(5,6)15-20;1-2/h7,9-10,13-14,16,20,29H,8,11-12,15H2,1-6H3;1-2H2/b18-7-,30-25+;. The number of aliphatic imine (C=N–C) groups is 1. The number of hydrogen-bond acceptors (Lipinski definition) is 7. The van der Waals surface area contributed by atoms with Crippen LogP contribution in [-0.4, -0.2) is 57.7 Å². The Labute approximate surface area is 230 Å². The number of ether oxygens (including phenoxy) is 1. The predicted octanol–water partition coefficient (Wildman–Crippen LogP) is 5.98. The van der Waals surface area contributed by atoms with Crippen LogP contribution in [0.4, 0.5) is 0 Å². The number of likely N-dealkylation sites (N-methyl/N-ethyl adjacent to an activating group) is 1. The van der Waals surface area contributed by atoms with Crippen molar-refractivity contribution in [3.8, 4) is 11.4 Å². The van der Waals surface area contributed by atoms with Gasteiger partial charge in [-0.1, -0.05) is 35.0 Å². The van der Waals surface area contributed by atoms with Gasteiger partial charge in [0.25, 0.3) is 5.91 Å². The molecule has 1 saturated heterocycles. The van der Waals surface area contributed by atoms with Gasteiger partial charge < -0.3 is 9.26 Å². The average Bonchev–Trinajstić information content (AvgIpc) is 3.31. The van der Waals surface area contributed by atoms with Crippen LogP contribution in [0.2, 0.25) is 5.02 Å². The van der Waals surface area contributed by atoms with E-state index in [9.17, 15) is 4.79 Å². The van der Waals surface area contributed by atoms with Gasteiger partial charge >= 0.3 is 0 Å². The Hall–Kier alpha value is -3.07. The lowest BCUT2D eigenvalue weighted by molar-refractivity contribution is -0.121. The maximum Gasteiger partial charge on any atom is 0.260 e. The topological polar surface area (TPSA) is 92.9 Å². The predicted molar refractivity (Wildman–Crippen MR) is 153 cm³/mol. The quantitative estimate of drug-likeness (QED) is 0.454. The molecule has 0 radical (unpaired) electrons. The number of nitrogens with zero attached hydrogens (tertiary/aromatic N) is 4. The van der Waals surface area contributed by atoms with E-state index in [1.54, 1.807) is 17.9 Å². The first kappa shape index (κ1) is 29.5. The monoisotopic (exact) mass is 539 g/mol. The smallest absolute Gasteiger partial charge is 0.260 e. The van der Waals surface area contributed by atoms with Crippen molar-refractivity contribution < 1.29 is 14.1 Å². The number of benzene rings is 1. The summed E-state index contributed by atoms with van der Waals surface area (Å²) >= 11 is 6.65. The lowest BCUT2D eigenvalue weighted by Gasteiger charge is -2.37. The van der Waals surface area contributed by atoms with Crippen molar-refractivity contribution in [1.82, 2.24) is 20.4 Å². The maximum absolute atomic E-state index is 13.6. The second-order valence-corrected chi connectivity index (χ2v) is 10.2. The highest BCUT2D eigenvalue weighted by atomic mass is 35.5. The van der Waals surface area contributed by atoms with Gasteiger partial charge in [0, 0.05) is 53.4 Å². The van der Waals surface area contributed by atoms with E-state index in [-0.39, 0.29) is 17.7 Å². The number of amidine groups is 1. The zero-order valence-corrected chi connectivity index (χ0v) is 23.9. The normalized spacial score (nSPS) is 22.2. The van der Waals surface area contributed by atoms with E-state index in [0.29, 0.717) is 46.3 Å². The van der Waals surface area contributed by atoms with Crippen molar-refractivity contribution in [1.29, 1.82) is 0 Å². The number of rotatable bonds is 6. The Morgan fingerprint density at radius 2 is 2.11 bits per heavy atom. The molecule has 2 unspecified atom stereocenters. The van der Waals surface area contributed by atoms with Crippen molar-refractivity contribution in [2.45, 2.75) is 72.2 Å². The molecule has 1 aromatic carbocycles. The maximum atomic E-state index is 13.6. The SMILES string of the molecule is C/C=C1/C=C(c2ccc(-c3noc(C)n3)cc2Cl)C(=O)N(CC)/C1=N/C(C)NC1CCOC(C)(C)C1.C=C. The van der Waals surface area contributed by atoms with Crippen molar-refractivity contribution in [2.24, 2.45) is 4.99 Å². The number of halogens is 1. The van der Waals surface area contributed by atoms with Crippen LogP contribution in [0.25, 0.3) is 17.0 Å². The van der Waals surface area contributed by atoms with E-state index in [1.807, 2.05) is 45.1 Å². The highest BCUT2D eigenvalue weighted by Crippen LogP contribution is 2.33. The molecule has 3 heterocycles. The summed E-state index contributed by atoms with van der Waals surface area (Å²) in [6, 6.07) is 5.73.